The minimum absolute atomic E-state index is 0.168. The molecule has 0 spiro atoms. The summed E-state index contributed by atoms with van der Waals surface area (Å²) in [6.45, 7) is 12.9. The van der Waals surface area contributed by atoms with Crippen molar-refractivity contribution in [1.82, 2.24) is 10.2 Å². The lowest BCUT2D eigenvalue weighted by molar-refractivity contribution is 0.0238. The van der Waals surface area contributed by atoms with E-state index >= 15 is 0 Å². The summed E-state index contributed by atoms with van der Waals surface area (Å²) in [5.41, 5.74) is -0.148. The maximum atomic E-state index is 12.2. The molecule has 4 heteroatoms. The van der Waals surface area contributed by atoms with Crippen molar-refractivity contribution in [2.45, 2.75) is 52.7 Å². The van der Waals surface area contributed by atoms with Gasteiger partial charge in [-0.2, -0.15) is 0 Å². The van der Waals surface area contributed by atoms with E-state index in [9.17, 15) is 4.79 Å². The lowest BCUT2D eigenvalue weighted by atomic mass is 9.75. The van der Waals surface area contributed by atoms with E-state index in [0.29, 0.717) is 12.0 Å². The van der Waals surface area contributed by atoms with Crippen LogP contribution in [0.1, 0.15) is 41.0 Å². The Kier molecular flexibility index (Phi) is 3.34. The van der Waals surface area contributed by atoms with Crippen molar-refractivity contribution in [2.75, 3.05) is 19.6 Å². The molecule has 1 N–H and O–H groups in total. The Hall–Kier alpha value is -0.770. The number of amides is 1. The van der Waals surface area contributed by atoms with Crippen molar-refractivity contribution < 1.29 is 9.53 Å². The fourth-order valence-electron chi connectivity index (χ4n) is 3.07. The van der Waals surface area contributed by atoms with Gasteiger partial charge in [0.15, 0.2) is 0 Å². The maximum Gasteiger partial charge on any atom is 0.410 e. The third-order valence-corrected chi connectivity index (χ3v) is 3.94. The first kappa shape index (κ1) is 13.7. The van der Waals surface area contributed by atoms with E-state index in [1.165, 1.54) is 6.42 Å². The molecular weight excluding hydrogens is 228 g/mol. The average Bonchev–Trinajstić information content (AvgIpc) is 2.43. The topological polar surface area (TPSA) is 41.6 Å². The Morgan fingerprint density at radius 3 is 2.56 bits per heavy atom. The van der Waals surface area contributed by atoms with Gasteiger partial charge < -0.3 is 15.0 Å². The fourth-order valence-corrected chi connectivity index (χ4v) is 3.07. The van der Waals surface area contributed by atoms with Crippen molar-refractivity contribution in [3.63, 3.8) is 0 Å². The first-order valence-corrected chi connectivity index (χ1v) is 6.89. The normalized spacial score (nSPS) is 31.1. The van der Waals surface area contributed by atoms with Crippen molar-refractivity contribution in [1.29, 1.82) is 0 Å². The molecule has 0 aromatic rings. The number of hydrogen-bond donors (Lipinski definition) is 1. The highest BCUT2D eigenvalue weighted by Crippen LogP contribution is 2.37. The second-order valence-corrected chi connectivity index (χ2v) is 7.40. The van der Waals surface area contributed by atoms with E-state index in [1.54, 1.807) is 0 Å². The molecule has 0 aromatic heterocycles. The second kappa shape index (κ2) is 4.41. The zero-order valence-corrected chi connectivity index (χ0v) is 12.2. The molecule has 2 atom stereocenters. The molecule has 3 aliphatic rings. The maximum absolute atomic E-state index is 12.2. The Morgan fingerprint density at radius 1 is 1.33 bits per heavy atom. The summed E-state index contributed by atoms with van der Waals surface area (Å²) in [6.07, 6.45) is 1.02. The predicted molar refractivity (Wildman–Crippen MR) is 71.5 cm³/mol. The molecule has 3 rings (SSSR count). The van der Waals surface area contributed by atoms with Gasteiger partial charge >= 0.3 is 6.09 Å². The monoisotopic (exact) mass is 254 g/mol. The SMILES string of the molecule is CC(C)(C)OC(=O)N1C[C@@H]2CN[C@H](C1)C(C)(C)C2. The van der Waals surface area contributed by atoms with Gasteiger partial charge in [0.25, 0.3) is 0 Å². The van der Waals surface area contributed by atoms with E-state index in [4.69, 9.17) is 4.74 Å². The van der Waals surface area contributed by atoms with Crippen LogP contribution >= 0.6 is 0 Å². The van der Waals surface area contributed by atoms with Crippen molar-refractivity contribution in [3.8, 4) is 0 Å². The quantitative estimate of drug-likeness (QED) is 0.721. The van der Waals surface area contributed by atoms with E-state index in [-0.39, 0.29) is 11.5 Å². The van der Waals surface area contributed by atoms with Crippen LogP contribution in [-0.4, -0.2) is 42.3 Å². The highest BCUT2D eigenvalue weighted by atomic mass is 16.6. The molecule has 3 fully saturated rings. The van der Waals surface area contributed by atoms with Crippen LogP contribution in [0.3, 0.4) is 0 Å². The lowest BCUT2D eigenvalue weighted by Crippen LogP contribution is -2.51. The number of hydrogen-bond acceptors (Lipinski definition) is 3. The first-order chi connectivity index (χ1) is 8.17. The van der Waals surface area contributed by atoms with Crippen LogP contribution in [0.2, 0.25) is 0 Å². The molecule has 0 saturated carbocycles. The molecule has 4 nitrogen and oxygen atoms in total. The Balaban J connectivity index is 2.06. The summed E-state index contributed by atoms with van der Waals surface area (Å²) < 4.78 is 5.48. The van der Waals surface area contributed by atoms with E-state index < -0.39 is 5.60 Å². The molecule has 0 aromatic carbocycles. The lowest BCUT2D eigenvalue weighted by Gasteiger charge is -2.39. The molecule has 2 bridgehead atoms. The molecule has 1 amide bonds. The predicted octanol–water partition coefficient (Wildman–Crippen LogP) is 2.24. The van der Waals surface area contributed by atoms with Crippen LogP contribution < -0.4 is 5.32 Å². The Morgan fingerprint density at radius 2 is 2.00 bits per heavy atom. The van der Waals surface area contributed by atoms with Gasteiger partial charge in [-0.05, 0) is 38.5 Å². The number of carbonyl (C=O) groups is 1. The van der Waals surface area contributed by atoms with Crippen LogP contribution in [-0.2, 0) is 4.74 Å². The van der Waals surface area contributed by atoms with Gasteiger partial charge in [0.05, 0.1) is 0 Å². The van der Waals surface area contributed by atoms with Crippen LogP contribution in [0.5, 0.6) is 0 Å². The summed E-state index contributed by atoms with van der Waals surface area (Å²) >= 11 is 0. The smallest absolute Gasteiger partial charge is 0.410 e. The summed E-state index contributed by atoms with van der Waals surface area (Å²) in [7, 11) is 0. The minimum Gasteiger partial charge on any atom is -0.444 e. The van der Waals surface area contributed by atoms with Gasteiger partial charge in [-0.1, -0.05) is 13.8 Å². The second-order valence-electron chi connectivity index (χ2n) is 7.40. The summed E-state index contributed by atoms with van der Waals surface area (Å²) in [5, 5.41) is 3.57. The van der Waals surface area contributed by atoms with Gasteiger partial charge in [-0.3, -0.25) is 0 Å². The molecule has 18 heavy (non-hydrogen) atoms. The van der Waals surface area contributed by atoms with Crippen LogP contribution in [0.15, 0.2) is 0 Å². The summed E-state index contributed by atoms with van der Waals surface area (Å²) in [4.78, 5) is 14.1. The number of nitrogens with one attached hydrogen (secondary N) is 1. The molecule has 0 radical (unpaired) electrons. The van der Waals surface area contributed by atoms with Crippen molar-refractivity contribution in [3.05, 3.63) is 0 Å². The number of carbonyl (C=O) groups excluding carboxylic acids is 1. The fraction of sp³-hybridized carbons (Fsp3) is 0.929. The molecule has 3 saturated heterocycles. The van der Waals surface area contributed by atoms with Gasteiger partial charge in [-0.25, -0.2) is 4.79 Å². The molecule has 3 aliphatic heterocycles. The molecule has 3 heterocycles. The van der Waals surface area contributed by atoms with Crippen molar-refractivity contribution in [2.24, 2.45) is 11.3 Å². The van der Waals surface area contributed by atoms with Gasteiger partial charge in [0.1, 0.15) is 5.60 Å². The number of ether oxygens (including phenoxy) is 1. The molecule has 0 aliphatic carbocycles. The first-order valence-electron chi connectivity index (χ1n) is 6.89. The van der Waals surface area contributed by atoms with Gasteiger partial charge in [-0.15, -0.1) is 0 Å². The van der Waals surface area contributed by atoms with E-state index in [1.807, 2.05) is 25.7 Å². The number of piperidine rings is 1. The molecule has 104 valence electrons. The minimum atomic E-state index is -0.411. The van der Waals surface area contributed by atoms with E-state index in [0.717, 1.165) is 19.6 Å². The number of rotatable bonds is 0. The molecule has 0 unspecified atom stereocenters. The van der Waals surface area contributed by atoms with Crippen LogP contribution in [0.25, 0.3) is 0 Å². The highest BCUT2D eigenvalue weighted by molar-refractivity contribution is 5.68. The van der Waals surface area contributed by atoms with Crippen molar-refractivity contribution >= 4 is 6.09 Å². The van der Waals surface area contributed by atoms with Gasteiger partial charge in [0.2, 0.25) is 0 Å². The zero-order chi connectivity index (χ0) is 13.6. The van der Waals surface area contributed by atoms with Crippen LogP contribution in [0, 0.1) is 11.3 Å². The van der Waals surface area contributed by atoms with Crippen LogP contribution in [0.4, 0.5) is 4.79 Å². The van der Waals surface area contributed by atoms with Gasteiger partial charge in [0, 0.05) is 25.7 Å². The molecular formula is C14H26N2O2. The summed E-state index contributed by atoms with van der Waals surface area (Å²) in [6, 6.07) is 0.378. The number of nitrogens with zero attached hydrogens (tertiary/aromatic N) is 1. The average molecular weight is 254 g/mol. The third kappa shape index (κ3) is 2.97. The highest BCUT2D eigenvalue weighted by Gasteiger charge is 2.43. The largest absolute Gasteiger partial charge is 0.444 e. The number of fused-ring (bicyclic) bond motifs is 4. The standard InChI is InChI=1S/C14H26N2O2/c1-13(2,3)18-12(17)16-8-10-6-14(4,5)11(9-16)15-7-10/h10-11,15H,6-9H2,1-5H3/t10-,11+/m0/s1. The Bertz CT molecular complexity index is 333. The zero-order valence-electron chi connectivity index (χ0n) is 12.2. The Labute approximate surface area is 110 Å². The van der Waals surface area contributed by atoms with E-state index in [2.05, 4.69) is 19.2 Å². The summed E-state index contributed by atoms with van der Waals surface area (Å²) in [5.74, 6) is 0.547. The third-order valence-electron chi connectivity index (χ3n) is 3.94.